The van der Waals surface area contributed by atoms with Gasteiger partial charge in [0.2, 0.25) is 3.79 Å². The molecule has 1 aromatic carbocycles. The fraction of sp³-hybridized carbons (Fsp3) is 0.222. The molecule has 17 heavy (non-hydrogen) atoms. The van der Waals surface area contributed by atoms with Gasteiger partial charge in [0.15, 0.2) is 0 Å². The first-order valence-electron chi connectivity index (χ1n) is 4.27. The highest BCUT2D eigenvalue weighted by Gasteiger charge is 2.19. The highest BCUT2D eigenvalue weighted by molar-refractivity contribution is 7.90. The minimum Gasteiger partial charge on any atom is -0.497 e. The zero-order valence-electron chi connectivity index (χ0n) is 8.60. The van der Waals surface area contributed by atoms with E-state index in [-0.39, 0.29) is 4.90 Å². The monoisotopic (exact) mass is 315 g/mol. The van der Waals surface area contributed by atoms with Crippen molar-refractivity contribution in [1.82, 2.24) is 0 Å². The lowest BCUT2D eigenvalue weighted by molar-refractivity contribution is 0.414. The molecule has 0 unspecified atom stereocenters. The van der Waals surface area contributed by atoms with E-state index in [4.69, 9.17) is 39.5 Å². The maximum atomic E-state index is 11.7. The molecule has 0 aromatic heterocycles. The van der Waals surface area contributed by atoms with Crippen LogP contribution in [0.5, 0.6) is 5.75 Å². The van der Waals surface area contributed by atoms with Gasteiger partial charge in [-0.15, -0.1) is 0 Å². The van der Waals surface area contributed by atoms with E-state index < -0.39 is 13.8 Å². The molecular formula is C9H8Cl3NO3S. The highest BCUT2D eigenvalue weighted by Crippen LogP contribution is 2.24. The summed E-state index contributed by atoms with van der Waals surface area (Å²) in [5.41, 5.74) is 0. The summed E-state index contributed by atoms with van der Waals surface area (Å²) in [5.74, 6) is 0.536. The summed E-state index contributed by atoms with van der Waals surface area (Å²) < 4.78 is 29.6. The Morgan fingerprint density at radius 1 is 1.24 bits per heavy atom. The Morgan fingerprint density at radius 3 is 2.18 bits per heavy atom. The van der Waals surface area contributed by atoms with Crippen LogP contribution in [0.4, 0.5) is 0 Å². The van der Waals surface area contributed by atoms with E-state index >= 15 is 0 Å². The van der Waals surface area contributed by atoms with Crippen molar-refractivity contribution in [3.63, 3.8) is 0 Å². The van der Waals surface area contributed by atoms with Crippen LogP contribution in [0.3, 0.4) is 0 Å². The van der Waals surface area contributed by atoms with Crippen molar-refractivity contribution in [2.75, 3.05) is 7.11 Å². The molecule has 4 nitrogen and oxygen atoms in total. The summed E-state index contributed by atoms with van der Waals surface area (Å²) in [6.45, 7) is 0. The van der Waals surface area contributed by atoms with E-state index in [2.05, 4.69) is 4.40 Å². The summed E-state index contributed by atoms with van der Waals surface area (Å²) in [6.07, 6.45) is 0.733. The molecule has 0 aliphatic heterocycles. The number of halogens is 3. The Balaban J connectivity index is 3.02. The lowest BCUT2D eigenvalue weighted by atomic mass is 10.3. The van der Waals surface area contributed by atoms with Crippen LogP contribution in [0, 0.1) is 0 Å². The fourth-order valence-electron chi connectivity index (χ4n) is 0.938. The number of rotatable bonds is 3. The van der Waals surface area contributed by atoms with Gasteiger partial charge in [0, 0.05) is 0 Å². The molecule has 0 amide bonds. The van der Waals surface area contributed by atoms with E-state index in [0.717, 1.165) is 6.21 Å². The smallest absolute Gasteiger partial charge is 0.282 e. The van der Waals surface area contributed by atoms with Crippen LogP contribution < -0.4 is 4.74 Å². The number of nitrogens with zero attached hydrogens (tertiary/aromatic N) is 1. The second kappa shape index (κ2) is 5.44. The molecule has 0 N–H and O–H groups in total. The number of hydrogen-bond donors (Lipinski definition) is 0. The minimum atomic E-state index is -3.86. The number of methoxy groups -OCH3 is 1. The molecule has 0 saturated heterocycles. The second-order valence-electron chi connectivity index (χ2n) is 2.93. The average molecular weight is 317 g/mol. The van der Waals surface area contributed by atoms with Gasteiger partial charge in [0.05, 0.1) is 18.2 Å². The summed E-state index contributed by atoms with van der Waals surface area (Å²) >= 11 is 16.1. The third-order valence-electron chi connectivity index (χ3n) is 1.70. The number of benzene rings is 1. The first-order valence-corrected chi connectivity index (χ1v) is 6.84. The molecule has 0 aliphatic rings. The van der Waals surface area contributed by atoms with Gasteiger partial charge in [-0.3, -0.25) is 0 Å². The zero-order chi connectivity index (χ0) is 13.1. The quantitative estimate of drug-likeness (QED) is 0.636. The van der Waals surface area contributed by atoms with Crippen molar-refractivity contribution >= 4 is 51.0 Å². The van der Waals surface area contributed by atoms with Gasteiger partial charge >= 0.3 is 0 Å². The van der Waals surface area contributed by atoms with E-state index in [1.165, 1.54) is 31.4 Å². The van der Waals surface area contributed by atoms with Crippen molar-refractivity contribution in [3.05, 3.63) is 24.3 Å². The van der Waals surface area contributed by atoms with E-state index in [0.29, 0.717) is 5.75 Å². The minimum absolute atomic E-state index is 0.0104. The van der Waals surface area contributed by atoms with Gasteiger partial charge in [-0.05, 0) is 24.3 Å². The first-order chi connectivity index (χ1) is 7.74. The van der Waals surface area contributed by atoms with Crippen LogP contribution >= 0.6 is 34.8 Å². The zero-order valence-corrected chi connectivity index (χ0v) is 11.7. The second-order valence-corrected chi connectivity index (χ2v) is 6.93. The van der Waals surface area contributed by atoms with Gasteiger partial charge in [-0.1, -0.05) is 34.8 Å². The van der Waals surface area contributed by atoms with Crippen molar-refractivity contribution < 1.29 is 13.2 Å². The number of sulfonamides is 1. The fourth-order valence-corrected chi connectivity index (χ4v) is 2.16. The third kappa shape index (κ3) is 4.71. The molecule has 0 fully saturated rings. The Labute approximate surface area is 114 Å². The van der Waals surface area contributed by atoms with Crippen molar-refractivity contribution in [3.8, 4) is 5.75 Å². The maximum Gasteiger partial charge on any atom is 0.282 e. The van der Waals surface area contributed by atoms with Gasteiger partial charge in [-0.25, -0.2) is 0 Å². The molecule has 0 bridgehead atoms. The van der Waals surface area contributed by atoms with Crippen molar-refractivity contribution in [1.29, 1.82) is 0 Å². The number of hydrogen-bond acceptors (Lipinski definition) is 3. The maximum absolute atomic E-state index is 11.7. The van der Waals surface area contributed by atoms with E-state index in [9.17, 15) is 8.42 Å². The number of alkyl halides is 3. The molecule has 0 radical (unpaired) electrons. The summed E-state index contributed by atoms with van der Waals surface area (Å²) in [4.78, 5) is -0.0104. The van der Waals surface area contributed by atoms with Crippen molar-refractivity contribution in [2.24, 2.45) is 4.40 Å². The van der Waals surface area contributed by atoms with Gasteiger partial charge in [0.1, 0.15) is 5.75 Å². The van der Waals surface area contributed by atoms with Crippen LogP contribution in [0.15, 0.2) is 33.6 Å². The molecule has 0 aliphatic carbocycles. The normalized spacial score (nSPS) is 12.9. The van der Waals surface area contributed by atoms with Crippen LogP contribution in [0.25, 0.3) is 0 Å². The predicted molar refractivity (Wildman–Crippen MR) is 69.0 cm³/mol. The molecule has 8 heteroatoms. The van der Waals surface area contributed by atoms with Gasteiger partial charge in [-0.2, -0.15) is 12.8 Å². The van der Waals surface area contributed by atoms with Gasteiger partial charge in [0.25, 0.3) is 10.0 Å². The molecule has 0 spiro atoms. The molecule has 0 saturated carbocycles. The summed E-state index contributed by atoms with van der Waals surface area (Å²) in [7, 11) is -2.38. The predicted octanol–water partition coefficient (Wildman–Crippen LogP) is 2.82. The average Bonchev–Trinajstić information content (AvgIpc) is 2.26. The third-order valence-corrected chi connectivity index (χ3v) is 3.24. The molecule has 1 aromatic rings. The van der Waals surface area contributed by atoms with Crippen molar-refractivity contribution in [2.45, 2.75) is 8.69 Å². The van der Waals surface area contributed by atoms with Crippen LogP contribution in [-0.4, -0.2) is 25.5 Å². The number of ether oxygens (including phenoxy) is 1. The molecule has 1 rings (SSSR count). The Hall–Kier alpha value is -0.490. The topological polar surface area (TPSA) is 55.7 Å². The van der Waals surface area contributed by atoms with E-state index in [1.807, 2.05) is 0 Å². The lowest BCUT2D eigenvalue weighted by Crippen LogP contribution is -2.06. The SMILES string of the molecule is COc1ccc(S(=O)(=O)N=CC(Cl)(Cl)Cl)cc1. The Bertz CT molecular complexity index is 505. The largest absolute Gasteiger partial charge is 0.497 e. The van der Waals surface area contributed by atoms with E-state index in [1.54, 1.807) is 0 Å². The molecule has 0 atom stereocenters. The molecule has 0 heterocycles. The van der Waals surface area contributed by atoms with Gasteiger partial charge < -0.3 is 4.74 Å². The standard InChI is InChI=1S/C9H8Cl3NO3S/c1-16-7-2-4-8(5-3-7)17(14,15)13-6-9(10,11)12/h2-6H,1H3. The molecular weight excluding hydrogens is 309 g/mol. The Morgan fingerprint density at radius 2 is 1.76 bits per heavy atom. The van der Waals surface area contributed by atoms with Crippen LogP contribution in [-0.2, 0) is 10.0 Å². The Kier molecular flexibility index (Phi) is 4.66. The lowest BCUT2D eigenvalue weighted by Gasteiger charge is -2.03. The molecule has 94 valence electrons. The highest BCUT2D eigenvalue weighted by atomic mass is 35.6. The first kappa shape index (κ1) is 14.6. The summed E-state index contributed by atoms with van der Waals surface area (Å²) in [5, 5.41) is 0. The summed E-state index contributed by atoms with van der Waals surface area (Å²) in [6, 6.07) is 5.70. The van der Waals surface area contributed by atoms with Crippen LogP contribution in [0.1, 0.15) is 0 Å². The van der Waals surface area contributed by atoms with Crippen LogP contribution in [0.2, 0.25) is 0 Å².